The van der Waals surface area contributed by atoms with E-state index in [1.165, 1.54) is 31.2 Å². The lowest BCUT2D eigenvalue weighted by atomic mass is 10.2. The summed E-state index contributed by atoms with van der Waals surface area (Å²) in [5, 5.41) is 24.1. The lowest BCUT2D eigenvalue weighted by Gasteiger charge is -2.10. The minimum absolute atomic E-state index is 0.0982. The third-order valence-electron chi connectivity index (χ3n) is 2.81. The minimum Gasteiger partial charge on any atom is -0.504 e. The van der Waals surface area contributed by atoms with E-state index in [4.69, 9.17) is 0 Å². The van der Waals surface area contributed by atoms with E-state index in [0.29, 0.717) is 12.2 Å². The second-order valence-electron chi connectivity index (χ2n) is 4.55. The maximum absolute atomic E-state index is 13.5. The maximum atomic E-state index is 13.5. The Bertz CT molecular complexity index is 674. The molecule has 21 heavy (non-hydrogen) atoms. The molecule has 2 rings (SSSR count). The van der Waals surface area contributed by atoms with E-state index in [0.717, 1.165) is 5.56 Å². The SMILES string of the molecule is CC(=O)Nc1cc(NCc2ccc(O)c(O)c2)ccc1F. The third-order valence-corrected chi connectivity index (χ3v) is 2.81. The van der Waals surface area contributed by atoms with Gasteiger partial charge >= 0.3 is 0 Å². The van der Waals surface area contributed by atoms with E-state index in [1.807, 2.05) is 0 Å². The molecule has 0 radical (unpaired) electrons. The molecular weight excluding hydrogens is 275 g/mol. The summed E-state index contributed by atoms with van der Waals surface area (Å²) in [5.41, 5.74) is 1.46. The molecule has 0 unspecified atom stereocenters. The molecule has 0 aliphatic carbocycles. The number of amides is 1. The average Bonchev–Trinajstić information content (AvgIpc) is 2.43. The molecule has 0 heterocycles. The van der Waals surface area contributed by atoms with E-state index in [1.54, 1.807) is 12.1 Å². The van der Waals surface area contributed by atoms with Gasteiger partial charge in [0.25, 0.3) is 0 Å². The highest BCUT2D eigenvalue weighted by Crippen LogP contribution is 2.26. The van der Waals surface area contributed by atoms with E-state index < -0.39 is 5.82 Å². The summed E-state index contributed by atoms with van der Waals surface area (Å²) in [7, 11) is 0. The molecule has 0 spiro atoms. The van der Waals surface area contributed by atoms with Gasteiger partial charge in [-0.2, -0.15) is 0 Å². The second kappa shape index (κ2) is 6.13. The molecule has 0 atom stereocenters. The monoisotopic (exact) mass is 290 g/mol. The molecular formula is C15H15FN2O3. The molecule has 0 aromatic heterocycles. The number of nitrogens with one attached hydrogen (secondary N) is 2. The number of hydrogen-bond acceptors (Lipinski definition) is 4. The van der Waals surface area contributed by atoms with Gasteiger partial charge in [0.05, 0.1) is 5.69 Å². The average molecular weight is 290 g/mol. The van der Waals surface area contributed by atoms with Crippen LogP contribution in [0.3, 0.4) is 0 Å². The van der Waals surface area contributed by atoms with Crippen LogP contribution in [-0.4, -0.2) is 16.1 Å². The van der Waals surface area contributed by atoms with Crippen LogP contribution in [0.4, 0.5) is 15.8 Å². The van der Waals surface area contributed by atoms with Gasteiger partial charge in [0.2, 0.25) is 5.91 Å². The molecule has 0 saturated carbocycles. The Labute approximate surface area is 121 Å². The highest BCUT2D eigenvalue weighted by Gasteiger charge is 2.06. The van der Waals surface area contributed by atoms with Crippen LogP contribution in [0, 0.1) is 5.82 Å². The molecule has 0 fully saturated rings. The molecule has 2 aromatic rings. The van der Waals surface area contributed by atoms with Crippen molar-refractivity contribution in [1.29, 1.82) is 0 Å². The first-order chi connectivity index (χ1) is 9.95. The number of rotatable bonds is 4. The Morgan fingerprint density at radius 1 is 1.14 bits per heavy atom. The van der Waals surface area contributed by atoms with Gasteiger partial charge in [0.1, 0.15) is 5.82 Å². The van der Waals surface area contributed by atoms with Gasteiger partial charge in [-0.1, -0.05) is 6.07 Å². The summed E-state index contributed by atoms with van der Waals surface area (Å²) >= 11 is 0. The fourth-order valence-corrected chi connectivity index (χ4v) is 1.80. The summed E-state index contributed by atoms with van der Waals surface area (Å²) in [6.07, 6.45) is 0. The molecule has 0 saturated heterocycles. The van der Waals surface area contributed by atoms with Crippen LogP contribution in [-0.2, 0) is 11.3 Å². The van der Waals surface area contributed by atoms with Crippen molar-refractivity contribution in [1.82, 2.24) is 0 Å². The van der Waals surface area contributed by atoms with Crippen LogP contribution in [0.2, 0.25) is 0 Å². The Hall–Kier alpha value is -2.76. The summed E-state index contributed by atoms with van der Waals surface area (Å²) < 4.78 is 13.5. The Balaban J connectivity index is 2.09. The third kappa shape index (κ3) is 3.85. The van der Waals surface area contributed by atoms with Crippen LogP contribution < -0.4 is 10.6 Å². The van der Waals surface area contributed by atoms with Crippen molar-refractivity contribution < 1.29 is 19.4 Å². The maximum Gasteiger partial charge on any atom is 0.221 e. The highest BCUT2D eigenvalue weighted by molar-refractivity contribution is 5.89. The molecule has 110 valence electrons. The molecule has 4 N–H and O–H groups in total. The van der Waals surface area contributed by atoms with Crippen molar-refractivity contribution in [2.75, 3.05) is 10.6 Å². The molecule has 0 aliphatic rings. The quantitative estimate of drug-likeness (QED) is 0.653. The first-order valence-electron chi connectivity index (χ1n) is 6.27. The van der Waals surface area contributed by atoms with Gasteiger partial charge in [0.15, 0.2) is 11.5 Å². The predicted molar refractivity (Wildman–Crippen MR) is 77.8 cm³/mol. The number of aromatic hydroxyl groups is 2. The van der Waals surface area contributed by atoms with Crippen LogP contribution in [0.25, 0.3) is 0 Å². The minimum atomic E-state index is -0.516. The van der Waals surface area contributed by atoms with Crippen molar-refractivity contribution in [3.8, 4) is 11.5 Å². The number of carbonyl (C=O) groups is 1. The van der Waals surface area contributed by atoms with Crippen molar-refractivity contribution in [2.45, 2.75) is 13.5 Å². The van der Waals surface area contributed by atoms with Crippen LogP contribution in [0.1, 0.15) is 12.5 Å². The lowest BCUT2D eigenvalue weighted by Crippen LogP contribution is -2.08. The summed E-state index contributed by atoms with van der Waals surface area (Å²) in [5.74, 6) is -1.26. The molecule has 0 aliphatic heterocycles. The van der Waals surface area contributed by atoms with Crippen LogP contribution in [0.15, 0.2) is 36.4 Å². The molecule has 0 bridgehead atoms. The first kappa shape index (κ1) is 14.6. The van der Waals surface area contributed by atoms with Crippen molar-refractivity contribution in [3.63, 3.8) is 0 Å². The normalized spacial score (nSPS) is 10.2. The van der Waals surface area contributed by atoms with Crippen molar-refractivity contribution >= 4 is 17.3 Å². The number of hydrogen-bond donors (Lipinski definition) is 4. The second-order valence-corrected chi connectivity index (χ2v) is 4.55. The number of phenols is 2. The number of anilines is 2. The molecule has 2 aromatic carbocycles. The number of benzene rings is 2. The van der Waals surface area contributed by atoms with Gasteiger partial charge < -0.3 is 20.8 Å². The van der Waals surface area contributed by atoms with E-state index >= 15 is 0 Å². The van der Waals surface area contributed by atoms with E-state index in [-0.39, 0.29) is 23.1 Å². The zero-order chi connectivity index (χ0) is 15.4. The number of carbonyl (C=O) groups excluding carboxylic acids is 1. The summed E-state index contributed by atoms with van der Waals surface area (Å²) in [4.78, 5) is 11.0. The zero-order valence-corrected chi connectivity index (χ0v) is 11.4. The highest BCUT2D eigenvalue weighted by atomic mass is 19.1. The van der Waals surface area contributed by atoms with Gasteiger partial charge in [-0.05, 0) is 35.9 Å². The smallest absolute Gasteiger partial charge is 0.221 e. The van der Waals surface area contributed by atoms with E-state index in [2.05, 4.69) is 10.6 Å². The standard InChI is InChI=1S/C15H15FN2O3/c1-9(19)18-13-7-11(3-4-12(13)16)17-8-10-2-5-14(20)15(21)6-10/h2-7,17,20-21H,8H2,1H3,(H,18,19). The number of phenolic OH excluding ortho intramolecular Hbond substituents is 2. The fourth-order valence-electron chi connectivity index (χ4n) is 1.80. The largest absolute Gasteiger partial charge is 0.504 e. The first-order valence-corrected chi connectivity index (χ1v) is 6.27. The Morgan fingerprint density at radius 3 is 2.57 bits per heavy atom. The zero-order valence-electron chi connectivity index (χ0n) is 11.4. The molecule has 5 nitrogen and oxygen atoms in total. The van der Waals surface area contributed by atoms with Gasteiger partial charge in [0, 0.05) is 19.2 Å². The van der Waals surface area contributed by atoms with Crippen molar-refractivity contribution in [3.05, 3.63) is 47.8 Å². The summed E-state index contributed by atoms with van der Waals surface area (Å²) in [6.45, 7) is 1.68. The Kier molecular flexibility index (Phi) is 4.27. The predicted octanol–water partition coefficient (Wildman–Crippen LogP) is 2.81. The van der Waals surface area contributed by atoms with Crippen LogP contribution in [0.5, 0.6) is 11.5 Å². The van der Waals surface area contributed by atoms with Gasteiger partial charge in [-0.3, -0.25) is 4.79 Å². The molecule has 1 amide bonds. The van der Waals surface area contributed by atoms with Crippen LogP contribution >= 0.6 is 0 Å². The van der Waals surface area contributed by atoms with Gasteiger partial charge in [-0.25, -0.2) is 4.39 Å². The van der Waals surface area contributed by atoms with E-state index in [9.17, 15) is 19.4 Å². The topological polar surface area (TPSA) is 81.6 Å². The fraction of sp³-hybridized carbons (Fsp3) is 0.133. The molecule has 6 heteroatoms. The Morgan fingerprint density at radius 2 is 1.90 bits per heavy atom. The number of halogens is 1. The summed E-state index contributed by atoms with van der Waals surface area (Å²) in [6, 6.07) is 8.75. The van der Waals surface area contributed by atoms with Gasteiger partial charge in [-0.15, -0.1) is 0 Å². The lowest BCUT2D eigenvalue weighted by molar-refractivity contribution is -0.114. The van der Waals surface area contributed by atoms with Crippen molar-refractivity contribution in [2.24, 2.45) is 0 Å².